The summed E-state index contributed by atoms with van der Waals surface area (Å²) in [5.74, 6) is 1.76. The number of halogens is 1. The monoisotopic (exact) mass is 341 g/mol. The van der Waals surface area contributed by atoms with Crippen molar-refractivity contribution in [1.82, 2.24) is 0 Å². The van der Waals surface area contributed by atoms with E-state index in [9.17, 15) is 0 Å². The van der Waals surface area contributed by atoms with Gasteiger partial charge in [-0.15, -0.1) is 0 Å². The minimum absolute atomic E-state index is 0.116. The molecule has 4 heteroatoms. The molecule has 0 spiro atoms. The van der Waals surface area contributed by atoms with Crippen LogP contribution in [0, 0.1) is 11.8 Å². The highest BCUT2D eigenvalue weighted by Gasteiger charge is 2.40. The van der Waals surface area contributed by atoms with E-state index in [0.717, 1.165) is 16.6 Å². The Morgan fingerprint density at radius 2 is 2.00 bits per heavy atom. The van der Waals surface area contributed by atoms with Crippen LogP contribution in [0.25, 0.3) is 0 Å². The van der Waals surface area contributed by atoms with Gasteiger partial charge in [-0.1, -0.05) is 13.0 Å². The second-order valence-electron chi connectivity index (χ2n) is 5.82. The highest BCUT2D eigenvalue weighted by molar-refractivity contribution is 9.10. The summed E-state index contributed by atoms with van der Waals surface area (Å²) in [5.41, 5.74) is 7.67. The maximum Gasteiger partial charge on any atom is 0.133 e. The highest BCUT2D eigenvalue weighted by atomic mass is 79.9. The van der Waals surface area contributed by atoms with Gasteiger partial charge in [0.25, 0.3) is 0 Å². The first kappa shape index (κ1) is 15.8. The fourth-order valence-electron chi connectivity index (χ4n) is 3.28. The summed E-state index contributed by atoms with van der Waals surface area (Å²) in [5, 5.41) is 0. The fourth-order valence-corrected chi connectivity index (χ4v) is 3.86. The van der Waals surface area contributed by atoms with Gasteiger partial charge in [0.1, 0.15) is 5.75 Å². The number of ether oxygens (including phenoxy) is 2. The van der Waals surface area contributed by atoms with Crippen LogP contribution in [0.1, 0.15) is 26.3 Å². The Kier molecular flexibility index (Phi) is 5.10. The Morgan fingerprint density at radius 3 is 2.50 bits per heavy atom. The van der Waals surface area contributed by atoms with E-state index in [4.69, 9.17) is 15.2 Å². The van der Waals surface area contributed by atoms with Crippen LogP contribution >= 0.6 is 15.9 Å². The molecule has 3 nitrogen and oxygen atoms in total. The van der Waals surface area contributed by atoms with Crippen LogP contribution < -0.4 is 10.5 Å². The lowest BCUT2D eigenvalue weighted by Gasteiger charge is -2.26. The molecule has 1 aliphatic heterocycles. The molecular formula is C16H24BrNO2. The van der Waals surface area contributed by atoms with Crippen LogP contribution in [0.2, 0.25) is 0 Å². The molecule has 0 radical (unpaired) electrons. The molecule has 112 valence electrons. The standard InChI is InChI=1S/C16H24BrNO2/c1-9-10(2)20-11(3)16(9)14(18)8-12-5-6-15(19-4)13(17)7-12/h5-7,9-11,14,16H,8,18H2,1-4H3. The Balaban J connectivity index is 2.08. The summed E-state index contributed by atoms with van der Waals surface area (Å²) in [4.78, 5) is 0. The Bertz CT molecular complexity index is 466. The fraction of sp³-hybridized carbons (Fsp3) is 0.625. The zero-order chi connectivity index (χ0) is 14.9. The van der Waals surface area contributed by atoms with Crippen LogP contribution in [0.4, 0.5) is 0 Å². The molecule has 1 saturated heterocycles. The van der Waals surface area contributed by atoms with Crippen LogP contribution in [0.5, 0.6) is 5.75 Å². The van der Waals surface area contributed by atoms with E-state index in [-0.39, 0.29) is 12.1 Å². The third-order valence-electron chi connectivity index (χ3n) is 4.50. The van der Waals surface area contributed by atoms with Crippen molar-refractivity contribution < 1.29 is 9.47 Å². The van der Waals surface area contributed by atoms with E-state index < -0.39 is 0 Å². The lowest BCUT2D eigenvalue weighted by molar-refractivity contribution is 0.0490. The van der Waals surface area contributed by atoms with Crippen LogP contribution in [0.3, 0.4) is 0 Å². The Morgan fingerprint density at radius 1 is 1.30 bits per heavy atom. The summed E-state index contributed by atoms with van der Waals surface area (Å²) in [6.45, 7) is 6.51. The van der Waals surface area contributed by atoms with E-state index in [0.29, 0.717) is 17.9 Å². The van der Waals surface area contributed by atoms with Crippen molar-refractivity contribution >= 4 is 15.9 Å². The second kappa shape index (κ2) is 6.46. The van der Waals surface area contributed by atoms with Crippen LogP contribution in [-0.4, -0.2) is 25.4 Å². The predicted octanol–water partition coefficient (Wildman–Crippen LogP) is 3.39. The molecule has 0 amide bonds. The van der Waals surface area contributed by atoms with Gasteiger partial charge in [-0.25, -0.2) is 0 Å². The molecule has 20 heavy (non-hydrogen) atoms. The van der Waals surface area contributed by atoms with Gasteiger partial charge in [-0.05, 0) is 59.8 Å². The van der Waals surface area contributed by atoms with Crippen molar-refractivity contribution in [3.63, 3.8) is 0 Å². The number of benzene rings is 1. The average molecular weight is 342 g/mol. The van der Waals surface area contributed by atoms with Crippen molar-refractivity contribution in [3.05, 3.63) is 28.2 Å². The number of hydrogen-bond acceptors (Lipinski definition) is 3. The van der Waals surface area contributed by atoms with E-state index >= 15 is 0 Å². The first-order chi connectivity index (χ1) is 9.43. The normalized spacial score (nSPS) is 31.3. The van der Waals surface area contributed by atoms with Crippen molar-refractivity contribution in [1.29, 1.82) is 0 Å². The van der Waals surface area contributed by atoms with Crippen LogP contribution in [-0.2, 0) is 11.2 Å². The van der Waals surface area contributed by atoms with Gasteiger partial charge in [0.2, 0.25) is 0 Å². The largest absolute Gasteiger partial charge is 0.496 e. The minimum Gasteiger partial charge on any atom is -0.496 e. The molecule has 1 aromatic carbocycles. The van der Waals surface area contributed by atoms with Gasteiger partial charge >= 0.3 is 0 Å². The maximum absolute atomic E-state index is 6.45. The first-order valence-corrected chi connectivity index (χ1v) is 7.96. The molecule has 0 aromatic heterocycles. The lowest BCUT2D eigenvalue weighted by Crippen LogP contribution is -2.39. The summed E-state index contributed by atoms with van der Waals surface area (Å²) < 4.78 is 12.1. The molecule has 0 bridgehead atoms. The van der Waals surface area contributed by atoms with E-state index in [2.05, 4.69) is 48.8 Å². The molecule has 1 aromatic rings. The van der Waals surface area contributed by atoms with Gasteiger partial charge in [0, 0.05) is 12.0 Å². The number of hydrogen-bond donors (Lipinski definition) is 1. The van der Waals surface area contributed by atoms with Crippen molar-refractivity contribution in [3.8, 4) is 5.75 Å². The lowest BCUT2D eigenvalue weighted by atomic mass is 9.81. The quantitative estimate of drug-likeness (QED) is 0.912. The summed E-state index contributed by atoms with van der Waals surface area (Å²) in [7, 11) is 1.67. The van der Waals surface area contributed by atoms with Crippen LogP contribution in [0.15, 0.2) is 22.7 Å². The molecule has 5 unspecified atom stereocenters. The zero-order valence-corrected chi connectivity index (χ0v) is 14.2. The third-order valence-corrected chi connectivity index (χ3v) is 5.12. The van der Waals surface area contributed by atoms with Gasteiger partial charge < -0.3 is 15.2 Å². The molecule has 5 atom stereocenters. The van der Waals surface area contributed by atoms with Crippen molar-refractivity contribution in [2.75, 3.05) is 7.11 Å². The second-order valence-corrected chi connectivity index (χ2v) is 6.67. The van der Waals surface area contributed by atoms with E-state index in [1.54, 1.807) is 7.11 Å². The molecule has 1 aliphatic rings. The van der Waals surface area contributed by atoms with Crippen molar-refractivity contribution in [2.24, 2.45) is 17.6 Å². The van der Waals surface area contributed by atoms with E-state index in [1.807, 2.05) is 6.07 Å². The first-order valence-electron chi connectivity index (χ1n) is 7.17. The Hall–Kier alpha value is -0.580. The average Bonchev–Trinajstić information content (AvgIpc) is 2.63. The number of nitrogens with two attached hydrogens (primary N) is 1. The third kappa shape index (κ3) is 3.18. The molecule has 0 saturated carbocycles. The minimum atomic E-state index is 0.116. The molecule has 1 fully saturated rings. The molecule has 2 N–H and O–H groups in total. The molecular weight excluding hydrogens is 318 g/mol. The van der Waals surface area contributed by atoms with Gasteiger partial charge in [-0.2, -0.15) is 0 Å². The Labute approximate surface area is 130 Å². The number of methoxy groups -OCH3 is 1. The maximum atomic E-state index is 6.45. The van der Waals surface area contributed by atoms with Crippen molar-refractivity contribution in [2.45, 2.75) is 45.4 Å². The molecule has 2 rings (SSSR count). The molecule has 0 aliphatic carbocycles. The summed E-state index contributed by atoms with van der Waals surface area (Å²) in [6, 6.07) is 6.27. The number of rotatable bonds is 4. The highest BCUT2D eigenvalue weighted by Crippen LogP contribution is 2.35. The van der Waals surface area contributed by atoms with Gasteiger partial charge in [-0.3, -0.25) is 0 Å². The molecule has 1 heterocycles. The summed E-state index contributed by atoms with van der Waals surface area (Å²) >= 11 is 3.52. The van der Waals surface area contributed by atoms with E-state index in [1.165, 1.54) is 5.56 Å². The van der Waals surface area contributed by atoms with Gasteiger partial charge in [0.15, 0.2) is 0 Å². The zero-order valence-electron chi connectivity index (χ0n) is 12.6. The SMILES string of the molecule is COc1ccc(CC(N)C2C(C)OC(C)C2C)cc1Br. The van der Waals surface area contributed by atoms with Gasteiger partial charge in [0.05, 0.1) is 23.8 Å². The smallest absolute Gasteiger partial charge is 0.133 e. The topological polar surface area (TPSA) is 44.5 Å². The predicted molar refractivity (Wildman–Crippen MR) is 85.0 cm³/mol. The summed E-state index contributed by atoms with van der Waals surface area (Å²) in [6.07, 6.45) is 1.39.